The Balaban J connectivity index is 0.00000289. The van der Waals surface area contributed by atoms with Crippen LogP contribution in [0.25, 0.3) is 0 Å². The van der Waals surface area contributed by atoms with Crippen LogP contribution in [0.5, 0.6) is 0 Å². The summed E-state index contributed by atoms with van der Waals surface area (Å²) in [7, 11) is 1.72. The highest BCUT2D eigenvalue weighted by atomic mass is 127. The van der Waals surface area contributed by atoms with E-state index in [0.29, 0.717) is 6.61 Å². The lowest BCUT2D eigenvalue weighted by atomic mass is 9.92. The van der Waals surface area contributed by atoms with Crippen LogP contribution in [0.2, 0.25) is 0 Å². The lowest BCUT2D eigenvalue weighted by Crippen LogP contribution is -2.48. The summed E-state index contributed by atoms with van der Waals surface area (Å²) in [4.78, 5) is 6.99. The zero-order valence-electron chi connectivity index (χ0n) is 12.1. The standard InChI is InChI=1S/C13H27N3O.HI/c1-5-14-13(15-6-7-17-4)16-9-11(2)8-12(3)10-16;/h11-12H,5-10H2,1-4H3,(H,14,15);1H. The van der Waals surface area contributed by atoms with Gasteiger partial charge in [0.15, 0.2) is 5.96 Å². The monoisotopic (exact) mass is 369 g/mol. The molecule has 2 atom stereocenters. The Bertz CT molecular complexity index is 238. The van der Waals surface area contributed by atoms with Gasteiger partial charge in [-0.3, -0.25) is 4.99 Å². The average molecular weight is 369 g/mol. The van der Waals surface area contributed by atoms with Crippen molar-refractivity contribution in [3.63, 3.8) is 0 Å². The summed E-state index contributed by atoms with van der Waals surface area (Å²) in [6, 6.07) is 0. The van der Waals surface area contributed by atoms with Crippen LogP contribution in [0, 0.1) is 11.8 Å². The number of methoxy groups -OCH3 is 1. The highest BCUT2D eigenvalue weighted by Crippen LogP contribution is 2.20. The molecule has 5 heteroatoms. The lowest BCUT2D eigenvalue weighted by Gasteiger charge is -2.37. The van der Waals surface area contributed by atoms with E-state index in [1.54, 1.807) is 7.11 Å². The van der Waals surface area contributed by atoms with Gasteiger partial charge < -0.3 is 15.0 Å². The number of aliphatic imine (C=N–C) groups is 1. The largest absolute Gasteiger partial charge is 0.383 e. The minimum atomic E-state index is 0. The second-order valence-electron chi connectivity index (χ2n) is 5.08. The Morgan fingerprint density at radius 2 is 1.94 bits per heavy atom. The van der Waals surface area contributed by atoms with Gasteiger partial charge in [-0.2, -0.15) is 0 Å². The molecule has 0 amide bonds. The fourth-order valence-corrected chi connectivity index (χ4v) is 2.50. The molecule has 0 saturated carbocycles. The van der Waals surface area contributed by atoms with Crippen LogP contribution in [-0.2, 0) is 4.74 Å². The van der Waals surface area contributed by atoms with Crippen LogP contribution in [0.15, 0.2) is 4.99 Å². The fourth-order valence-electron chi connectivity index (χ4n) is 2.50. The van der Waals surface area contributed by atoms with Gasteiger partial charge in [-0.05, 0) is 25.2 Å². The zero-order chi connectivity index (χ0) is 12.7. The highest BCUT2D eigenvalue weighted by molar-refractivity contribution is 14.0. The number of guanidine groups is 1. The van der Waals surface area contributed by atoms with Gasteiger partial charge in [-0.1, -0.05) is 13.8 Å². The van der Waals surface area contributed by atoms with E-state index in [2.05, 4.69) is 36.0 Å². The average Bonchev–Trinajstić information content (AvgIpc) is 2.27. The van der Waals surface area contributed by atoms with Crippen LogP contribution in [0.4, 0.5) is 0 Å². The third-order valence-electron chi connectivity index (χ3n) is 3.06. The molecular formula is C13H28IN3O. The lowest BCUT2D eigenvalue weighted by molar-refractivity contribution is 0.200. The molecule has 0 aromatic heterocycles. The van der Waals surface area contributed by atoms with E-state index in [0.717, 1.165) is 44.0 Å². The van der Waals surface area contributed by atoms with Gasteiger partial charge in [0.2, 0.25) is 0 Å². The topological polar surface area (TPSA) is 36.9 Å². The van der Waals surface area contributed by atoms with E-state index in [-0.39, 0.29) is 24.0 Å². The molecule has 2 unspecified atom stereocenters. The second-order valence-corrected chi connectivity index (χ2v) is 5.08. The van der Waals surface area contributed by atoms with Crippen molar-refractivity contribution in [1.82, 2.24) is 10.2 Å². The summed E-state index contributed by atoms with van der Waals surface area (Å²) in [5.41, 5.74) is 0. The third-order valence-corrected chi connectivity index (χ3v) is 3.06. The molecule has 1 heterocycles. The smallest absolute Gasteiger partial charge is 0.194 e. The SMILES string of the molecule is CCNC(=NCCOC)N1CC(C)CC(C)C1.I. The van der Waals surface area contributed by atoms with E-state index < -0.39 is 0 Å². The quantitative estimate of drug-likeness (QED) is 0.357. The van der Waals surface area contributed by atoms with E-state index in [4.69, 9.17) is 4.74 Å². The number of halogens is 1. The maximum Gasteiger partial charge on any atom is 0.194 e. The Morgan fingerprint density at radius 3 is 2.44 bits per heavy atom. The van der Waals surface area contributed by atoms with Crippen molar-refractivity contribution < 1.29 is 4.74 Å². The van der Waals surface area contributed by atoms with Gasteiger partial charge in [-0.25, -0.2) is 0 Å². The fraction of sp³-hybridized carbons (Fsp3) is 0.923. The molecule has 4 nitrogen and oxygen atoms in total. The van der Waals surface area contributed by atoms with Gasteiger partial charge in [-0.15, -0.1) is 24.0 Å². The molecule has 0 radical (unpaired) electrons. The first-order valence-electron chi connectivity index (χ1n) is 6.69. The Labute approximate surface area is 129 Å². The van der Waals surface area contributed by atoms with Gasteiger partial charge >= 0.3 is 0 Å². The molecule has 0 aliphatic carbocycles. The number of likely N-dealkylation sites (tertiary alicyclic amines) is 1. The first-order chi connectivity index (χ1) is 8.17. The van der Waals surface area contributed by atoms with Crippen molar-refractivity contribution in [2.45, 2.75) is 27.2 Å². The molecular weight excluding hydrogens is 341 g/mol. The predicted octanol–water partition coefficient (Wildman–Crippen LogP) is 2.19. The molecule has 1 fully saturated rings. The number of ether oxygens (including phenoxy) is 1. The number of nitrogens with one attached hydrogen (secondary N) is 1. The second kappa shape index (κ2) is 9.83. The molecule has 0 aromatic carbocycles. The van der Waals surface area contributed by atoms with Crippen LogP contribution < -0.4 is 5.32 Å². The van der Waals surface area contributed by atoms with E-state index >= 15 is 0 Å². The summed E-state index contributed by atoms with van der Waals surface area (Å²) in [6.07, 6.45) is 1.33. The molecule has 1 aliphatic rings. The molecule has 1 rings (SSSR count). The number of piperidine rings is 1. The van der Waals surface area contributed by atoms with E-state index in [1.165, 1.54) is 6.42 Å². The molecule has 1 N–H and O–H groups in total. The Kier molecular flexibility index (Phi) is 9.81. The van der Waals surface area contributed by atoms with Crippen molar-refractivity contribution in [2.24, 2.45) is 16.8 Å². The third kappa shape index (κ3) is 6.22. The van der Waals surface area contributed by atoms with Gasteiger partial charge in [0.1, 0.15) is 0 Å². The van der Waals surface area contributed by atoms with Crippen LogP contribution >= 0.6 is 24.0 Å². The van der Waals surface area contributed by atoms with Gasteiger partial charge in [0.25, 0.3) is 0 Å². The Hall–Kier alpha value is -0.0400. The van der Waals surface area contributed by atoms with Gasteiger partial charge in [0, 0.05) is 26.7 Å². The molecule has 0 spiro atoms. The molecule has 1 aliphatic heterocycles. The predicted molar refractivity (Wildman–Crippen MR) is 87.8 cm³/mol. The van der Waals surface area contributed by atoms with Crippen molar-refractivity contribution in [1.29, 1.82) is 0 Å². The summed E-state index contributed by atoms with van der Waals surface area (Å²) in [6.45, 7) is 11.3. The first-order valence-corrected chi connectivity index (χ1v) is 6.69. The van der Waals surface area contributed by atoms with Crippen LogP contribution in [0.3, 0.4) is 0 Å². The number of rotatable bonds is 4. The highest BCUT2D eigenvalue weighted by Gasteiger charge is 2.23. The minimum Gasteiger partial charge on any atom is -0.383 e. The first kappa shape index (κ1) is 18.0. The molecule has 18 heavy (non-hydrogen) atoms. The van der Waals surface area contributed by atoms with Crippen LogP contribution in [0.1, 0.15) is 27.2 Å². The number of hydrogen-bond donors (Lipinski definition) is 1. The normalized spacial score (nSPS) is 24.7. The molecule has 0 bridgehead atoms. The molecule has 0 aromatic rings. The van der Waals surface area contributed by atoms with Crippen molar-refractivity contribution in [2.75, 3.05) is 39.9 Å². The van der Waals surface area contributed by atoms with Gasteiger partial charge in [0.05, 0.1) is 13.2 Å². The number of hydrogen-bond acceptors (Lipinski definition) is 2. The van der Waals surface area contributed by atoms with Crippen molar-refractivity contribution in [3.05, 3.63) is 0 Å². The van der Waals surface area contributed by atoms with E-state index in [1.807, 2.05) is 0 Å². The molecule has 1 saturated heterocycles. The van der Waals surface area contributed by atoms with E-state index in [9.17, 15) is 0 Å². The molecule has 108 valence electrons. The zero-order valence-corrected chi connectivity index (χ0v) is 14.4. The summed E-state index contributed by atoms with van der Waals surface area (Å²) in [5, 5.41) is 3.37. The number of nitrogens with zero attached hydrogens (tertiary/aromatic N) is 2. The summed E-state index contributed by atoms with van der Waals surface area (Å²) < 4.78 is 5.05. The van der Waals surface area contributed by atoms with Crippen molar-refractivity contribution in [3.8, 4) is 0 Å². The maximum atomic E-state index is 5.05. The Morgan fingerprint density at radius 1 is 1.33 bits per heavy atom. The summed E-state index contributed by atoms with van der Waals surface area (Å²) >= 11 is 0. The minimum absolute atomic E-state index is 0. The van der Waals surface area contributed by atoms with Crippen molar-refractivity contribution >= 4 is 29.9 Å². The summed E-state index contributed by atoms with van der Waals surface area (Å²) in [5.74, 6) is 2.55. The van der Waals surface area contributed by atoms with Crippen LogP contribution in [-0.4, -0.2) is 50.8 Å². The maximum absolute atomic E-state index is 5.05.